The van der Waals surface area contributed by atoms with Gasteiger partial charge in [-0.25, -0.2) is 0 Å². The van der Waals surface area contributed by atoms with Crippen molar-refractivity contribution in [2.24, 2.45) is 10.9 Å². The molecule has 7 heteroatoms. The standard InChI is InChI=1S/C17H34N4O2.HI/c1-3-18-17(20(2)13-15-7-12-23-14-15)19-8-4-9-21-10-5-16(22)6-11-21;/h15-16,22H,3-14H2,1-2H3,(H,18,19);1H. The van der Waals surface area contributed by atoms with Crippen molar-refractivity contribution in [3.05, 3.63) is 0 Å². The summed E-state index contributed by atoms with van der Waals surface area (Å²) in [6, 6.07) is 0. The van der Waals surface area contributed by atoms with Gasteiger partial charge in [0, 0.05) is 52.3 Å². The largest absolute Gasteiger partial charge is 0.393 e. The molecular weight excluding hydrogens is 419 g/mol. The maximum atomic E-state index is 9.54. The van der Waals surface area contributed by atoms with Crippen molar-refractivity contribution in [2.75, 3.05) is 59.5 Å². The fourth-order valence-electron chi connectivity index (χ4n) is 3.29. The van der Waals surface area contributed by atoms with Crippen LogP contribution in [0.4, 0.5) is 0 Å². The summed E-state index contributed by atoms with van der Waals surface area (Å²) in [5.74, 6) is 1.64. The average molecular weight is 454 g/mol. The SMILES string of the molecule is CCNC(=NCCCN1CCC(O)CC1)N(C)CC1CCOC1.I. The quantitative estimate of drug-likeness (QED) is 0.264. The Labute approximate surface area is 164 Å². The van der Waals surface area contributed by atoms with E-state index in [2.05, 4.69) is 29.1 Å². The third-order valence-electron chi connectivity index (χ3n) is 4.70. The lowest BCUT2D eigenvalue weighted by Crippen LogP contribution is -2.41. The van der Waals surface area contributed by atoms with Gasteiger partial charge in [0.2, 0.25) is 0 Å². The summed E-state index contributed by atoms with van der Waals surface area (Å²) in [5.41, 5.74) is 0. The highest BCUT2D eigenvalue weighted by Gasteiger charge is 2.19. The Balaban J connectivity index is 0.00000288. The molecule has 2 rings (SSSR count). The highest BCUT2D eigenvalue weighted by molar-refractivity contribution is 14.0. The summed E-state index contributed by atoms with van der Waals surface area (Å²) in [6.07, 6.45) is 3.98. The smallest absolute Gasteiger partial charge is 0.193 e. The second-order valence-electron chi connectivity index (χ2n) is 6.77. The van der Waals surface area contributed by atoms with E-state index in [4.69, 9.17) is 9.73 Å². The molecule has 2 heterocycles. The Bertz CT molecular complexity index is 356. The average Bonchev–Trinajstić information content (AvgIpc) is 3.05. The fraction of sp³-hybridized carbons (Fsp3) is 0.941. The van der Waals surface area contributed by atoms with E-state index in [1.54, 1.807) is 0 Å². The summed E-state index contributed by atoms with van der Waals surface area (Å²) in [6.45, 7) is 9.77. The van der Waals surface area contributed by atoms with Crippen molar-refractivity contribution in [3.8, 4) is 0 Å². The van der Waals surface area contributed by atoms with Crippen LogP contribution in [0.5, 0.6) is 0 Å². The number of rotatable bonds is 7. The molecule has 1 unspecified atom stereocenters. The molecule has 0 amide bonds. The van der Waals surface area contributed by atoms with Gasteiger partial charge in [0.1, 0.15) is 0 Å². The maximum absolute atomic E-state index is 9.54. The molecule has 6 nitrogen and oxygen atoms in total. The number of nitrogens with zero attached hydrogens (tertiary/aromatic N) is 3. The van der Waals surface area contributed by atoms with Crippen LogP contribution in [0.15, 0.2) is 4.99 Å². The zero-order chi connectivity index (χ0) is 16.5. The van der Waals surface area contributed by atoms with E-state index < -0.39 is 0 Å². The Kier molecular flexibility index (Phi) is 11.2. The highest BCUT2D eigenvalue weighted by Crippen LogP contribution is 2.13. The summed E-state index contributed by atoms with van der Waals surface area (Å²) in [7, 11) is 2.12. The van der Waals surface area contributed by atoms with Crippen molar-refractivity contribution in [3.63, 3.8) is 0 Å². The minimum Gasteiger partial charge on any atom is -0.393 e. The predicted molar refractivity (Wildman–Crippen MR) is 109 cm³/mol. The molecule has 0 radical (unpaired) electrons. The molecule has 0 aliphatic carbocycles. The van der Waals surface area contributed by atoms with E-state index in [0.717, 1.165) is 84.1 Å². The first-order chi connectivity index (χ1) is 11.2. The second kappa shape index (κ2) is 12.3. The van der Waals surface area contributed by atoms with Crippen LogP contribution < -0.4 is 5.32 Å². The van der Waals surface area contributed by atoms with Gasteiger partial charge in [-0.05, 0) is 39.2 Å². The molecule has 2 aliphatic heterocycles. The predicted octanol–water partition coefficient (Wildman–Crippen LogP) is 1.38. The van der Waals surface area contributed by atoms with Gasteiger partial charge in [-0.1, -0.05) is 0 Å². The minimum absolute atomic E-state index is 0. The normalized spacial score (nSPS) is 23.1. The van der Waals surface area contributed by atoms with E-state index >= 15 is 0 Å². The third-order valence-corrected chi connectivity index (χ3v) is 4.70. The van der Waals surface area contributed by atoms with Gasteiger partial charge in [-0.15, -0.1) is 24.0 Å². The van der Waals surface area contributed by atoms with E-state index in [1.807, 2.05) is 0 Å². The van der Waals surface area contributed by atoms with Gasteiger partial charge in [-0.3, -0.25) is 4.99 Å². The number of halogens is 1. The number of aliphatic hydroxyl groups excluding tert-OH is 1. The van der Waals surface area contributed by atoms with Gasteiger partial charge >= 0.3 is 0 Å². The van der Waals surface area contributed by atoms with Crippen molar-refractivity contribution in [1.82, 2.24) is 15.1 Å². The van der Waals surface area contributed by atoms with E-state index in [1.165, 1.54) is 0 Å². The van der Waals surface area contributed by atoms with Crippen LogP contribution in [0.2, 0.25) is 0 Å². The summed E-state index contributed by atoms with van der Waals surface area (Å²) in [5, 5.41) is 12.9. The van der Waals surface area contributed by atoms with Gasteiger partial charge < -0.3 is 25.0 Å². The lowest BCUT2D eigenvalue weighted by Gasteiger charge is -2.29. The fourth-order valence-corrected chi connectivity index (χ4v) is 3.29. The van der Waals surface area contributed by atoms with Crippen LogP contribution >= 0.6 is 24.0 Å². The van der Waals surface area contributed by atoms with Gasteiger partial charge in [-0.2, -0.15) is 0 Å². The van der Waals surface area contributed by atoms with Gasteiger partial charge in [0.05, 0.1) is 12.7 Å². The number of piperidine rings is 1. The summed E-state index contributed by atoms with van der Waals surface area (Å²) >= 11 is 0. The molecule has 0 saturated carbocycles. The van der Waals surface area contributed by atoms with E-state index in [0.29, 0.717) is 5.92 Å². The maximum Gasteiger partial charge on any atom is 0.193 e. The van der Waals surface area contributed by atoms with Crippen LogP contribution in [0.1, 0.15) is 32.6 Å². The molecule has 0 aromatic heterocycles. The Morgan fingerprint density at radius 3 is 2.71 bits per heavy atom. The number of aliphatic imine (C=N–C) groups is 1. The molecule has 0 aromatic rings. The topological polar surface area (TPSA) is 60.3 Å². The number of aliphatic hydroxyl groups is 1. The first-order valence-electron chi connectivity index (χ1n) is 9.16. The number of hydrogen-bond donors (Lipinski definition) is 2. The van der Waals surface area contributed by atoms with Crippen LogP contribution in [0.25, 0.3) is 0 Å². The van der Waals surface area contributed by atoms with Gasteiger partial charge in [0.25, 0.3) is 0 Å². The molecule has 2 fully saturated rings. The van der Waals surface area contributed by atoms with E-state index in [9.17, 15) is 5.11 Å². The zero-order valence-corrected chi connectivity index (χ0v) is 17.6. The molecule has 0 bridgehead atoms. The lowest BCUT2D eigenvalue weighted by atomic mass is 10.1. The van der Waals surface area contributed by atoms with E-state index in [-0.39, 0.29) is 30.1 Å². The first kappa shape index (κ1) is 21.9. The molecule has 1 atom stereocenters. The summed E-state index contributed by atoms with van der Waals surface area (Å²) < 4.78 is 5.46. The second-order valence-corrected chi connectivity index (χ2v) is 6.77. The van der Waals surface area contributed by atoms with Crippen LogP contribution in [0.3, 0.4) is 0 Å². The molecule has 2 aliphatic rings. The number of ether oxygens (including phenoxy) is 1. The number of likely N-dealkylation sites (tertiary alicyclic amines) is 1. The summed E-state index contributed by atoms with van der Waals surface area (Å²) in [4.78, 5) is 9.44. The zero-order valence-electron chi connectivity index (χ0n) is 15.2. The third kappa shape index (κ3) is 7.84. The molecular formula is C17H35IN4O2. The van der Waals surface area contributed by atoms with Crippen molar-refractivity contribution in [1.29, 1.82) is 0 Å². The number of guanidine groups is 1. The first-order valence-corrected chi connectivity index (χ1v) is 9.16. The number of nitrogens with one attached hydrogen (secondary N) is 1. The minimum atomic E-state index is -0.0853. The highest BCUT2D eigenvalue weighted by atomic mass is 127. The number of hydrogen-bond acceptors (Lipinski definition) is 4. The molecule has 0 spiro atoms. The molecule has 2 N–H and O–H groups in total. The Morgan fingerprint density at radius 1 is 1.33 bits per heavy atom. The van der Waals surface area contributed by atoms with Crippen molar-refractivity contribution < 1.29 is 9.84 Å². The molecule has 142 valence electrons. The monoisotopic (exact) mass is 454 g/mol. The molecule has 0 aromatic carbocycles. The lowest BCUT2D eigenvalue weighted by molar-refractivity contribution is 0.0824. The van der Waals surface area contributed by atoms with Crippen molar-refractivity contribution >= 4 is 29.9 Å². The Hall–Kier alpha value is -0.120. The van der Waals surface area contributed by atoms with Gasteiger partial charge in [0.15, 0.2) is 5.96 Å². The van der Waals surface area contributed by atoms with Crippen LogP contribution in [-0.2, 0) is 4.74 Å². The van der Waals surface area contributed by atoms with Crippen molar-refractivity contribution in [2.45, 2.75) is 38.7 Å². The Morgan fingerprint density at radius 2 is 2.08 bits per heavy atom. The molecule has 24 heavy (non-hydrogen) atoms. The van der Waals surface area contributed by atoms with Crippen LogP contribution in [0, 0.1) is 5.92 Å². The van der Waals surface area contributed by atoms with Crippen LogP contribution in [-0.4, -0.2) is 86.5 Å². The molecule has 2 saturated heterocycles.